The maximum absolute atomic E-state index is 12.1. The lowest BCUT2D eigenvalue weighted by Gasteiger charge is -2.29. The van der Waals surface area contributed by atoms with E-state index in [1.807, 2.05) is 23.5 Å². The molecule has 2 aliphatic rings. The van der Waals surface area contributed by atoms with Gasteiger partial charge >= 0.3 is 6.03 Å². The van der Waals surface area contributed by atoms with E-state index in [0.29, 0.717) is 19.5 Å². The number of urea groups is 1. The third kappa shape index (κ3) is 3.12. The summed E-state index contributed by atoms with van der Waals surface area (Å²) < 4.78 is 0. The first-order chi connectivity index (χ1) is 11.7. The van der Waals surface area contributed by atoms with Crippen molar-refractivity contribution in [3.05, 3.63) is 46.2 Å². The predicted octanol–water partition coefficient (Wildman–Crippen LogP) is 2.91. The molecular weight excluding hydrogens is 322 g/mol. The van der Waals surface area contributed by atoms with Crippen LogP contribution in [0, 0.1) is 0 Å². The van der Waals surface area contributed by atoms with E-state index >= 15 is 0 Å². The van der Waals surface area contributed by atoms with Crippen molar-refractivity contribution in [1.29, 1.82) is 0 Å². The Balaban J connectivity index is 1.39. The predicted molar refractivity (Wildman–Crippen MR) is 96.7 cm³/mol. The third-order valence-electron chi connectivity index (χ3n) is 4.74. The van der Waals surface area contributed by atoms with E-state index in [-0.39, 0.29) is 12.1 Å². The second-order valence-electron chi connectivity index (χ2n) is 6.41. The second kappa shape index (κ2) is 6.45. The maximum atomic E-state index is 12.1. The van der Waals surface area contributed by atoms with Crippen LogP contribution >= 0.6 is 11.3 Å². The average Bonchev–Trinajstić information content (AvgIpc) is 3.23. The van der Waals surface area contributed by atoms with Crippen molar-refractivity contribution in [2.45, 2.75) is 25.5 Å². The van der Waals surface area contributed by atoms with Crippen LogP contribution in [0.5, 0.6) is 0 Å². The standard InChI is InChI=1S/C18H21N3O2S/c22-16-5-8-21(12-16)18(23)19-14-1-3-15(4-2-14)20-9-6-17-13(11-20)7-10-24-17/h1-4,7,10,16,22H,5-6,8-9,11-12H2,(H,19,23)/t16-/m0/s1. The SMILES string of the molecule is O=C(Nc1ccc(N2CCc3sccc3C2)cc1)N1CC[C@H](O)C1. The van der Waals surface area contributed by atoms with Crippen LogP contribution in [0.15, 0.2) is 35.7 Å². The van der Waals surface area contributed by atoms with Crippen LogP contribution in [0.1, 0.15) is 16.9 Å². The molecule has 1 atom stereocenters. The van der Waals surface area contributed by atoms with Crippen LogP contribution in [0.2, 0.25) is 0 Å². The van der Waals surface area contributed by atoms with Crippen molar-refractivity contribution >= 4 is 28.7 Å². The molecule has 0 unspecified atom stereocenters. The molecule has 2 amide bonds. The quantitative estimate of drug-likeness (QED) is 0.881. The van der Waals surface area contributed by atoms with Gasteiger partial charge in [0.15, 0.2) is 0 Å². The van der Waals surface area contributed by atoms with Crippen molar-refractivity contribution < 1.29 is 9.90 Å². The van der Waals surface area contributed by atoms with Crippen LogP contribution < -0.4 is 10.2 Å². The summed E-state index contributed by atoms with van der Waals surface area (Å²) in [6.07, 6.45) is 1.37. The van der Waals surface area contributed by atoms with Gasteiger partial charge in [-0.2, -0.15) is 0 Å². The Morgan fingerprint density at radius 2 is 2.04 bits per heavy atom. The van der Waals surface area contributed by atoms with Crippen molar-refractivity contribution in [2.75, 3.05) is 29.9 Å². The molecule has 1 aromatic carbocycles. The minimum absolute atomic E-state index is 0.139. The van der Waals surface area contributed by atoms with Crippen LogP contribution in [0.25, 0.3) is 0 Å². The minimum Gasteiger partial charge on any atom is -0.391 e. The molecule has 0 bridgehead atoms. The van der Waals surface area contributed by atoms with Gasteiger partial charge in [0.2, 0.25) is 0 Å². The fourth-order valence-corrected chi connectivity index (χ4v) is 4.24. The molecule has 1 saturated heterocycles. The van der Waals surface area contributed by atoms with Crippen LogP contribution in [0.4, 0.5) is 16.2 Å². The lowest BCUT2D eigenvalue weighted by molar-refractivity contribution is 0.176. The van der Waals surface area contributed by atoms with Gasteiger partial charge in [-0.25, -0.2) is 4.79 Å². The van der Waals surface area contributed by atoms with Gasteiger partial charge in [0.25, 0.3) is 0 Å². The van der Waals surface area contributed by atoms with Gasteiger partial charge in [0.1, 0.15) is 0 Å². The summed E-state index contributed by atoms with van der Waals surface area (Å²) in [6, 6.07) is 10.1. The lowest BCUT2D eigenvalue weighted by Crippen LogP contribution is -2.33. The largest absolute Gasteiger partial charge is 0.391 e. The van der Waals surface area contributed by atoms with Gasteiger partial charge in [-0.05, 0) is 54.1 Å². The molecule has 3 heterocycles. The molecule has 2 aromatic rings. The van der Waals surface area contributed by atoms with Crippen molar-refractivity contribution in [3.8, 4) is 0 Å². The average molecular weight is 343 g/mol. The zero-order valence-electron chi connectivity index (χ0n) is 13.4. The zero-order chi connectivity index (χ0) is 16.5. The highest BCUT2D eigenvalue weighted by Gasteiger charge is 2.24. The highest BCUT2D eigenvalue weighted by Crippen LogP contribution is 2.28. The Bertz CT molecular complexity index is 728. The summed E-state index contributed by atoms with van der Waals surface area (Å²) in [6.45, 7) is 3.02. The third-order valence-corrected chi connectivity index (χ3v) is 5.76. The smallest absolute Gasteiger partial charge is 0.321 e. The van der Waals surface area contributed by atoms with Gasteiger partial charge in [0.05, 0.1) is 6.10 Å². The van der Waals surface area contributed by atoms with Gasteiger partial charge in [-0.1, -0.05) is 0 Å². The molecule has 2 N–H and O–H groups in total. The number of hydrogen-bond donors (Lipinski definition) is 2. The number of aliphatic hydroxyl groups is 1. The molecule has 1 aromatic heterocycles. The minimum atomic E-state index is -0.390. The van der Waals surface area contributed by atoms with Crippen LogP contribution in [-0.2, 0) is 13.0 Å². The molecule has 4 rings (SSSR count). The summed E-state index contributed by atoms with van der Waals surface area (Å²) in [5.74, 6) is 0. The number of benzene rings is 1. The Kier molecular flexibility index (Phi) is 4.16. The second-order valence-corrected chi connectivity index (χ2v) is 7.41. The summed E-state index contributed by atoms with van der Waals surface area (Å²) in [7, 11) is 0. The molecule has 0 radical (unpaired) electrons. The Hall–Kier alpha value is -2.05. The molecule has 6 heteroatoms. The Labute approximate surface area is 145 Å². The summed E-state index contributed by atoms with van der Waals surface area (Å²) in [5.41, 5.74) is 3.40. The summed E-state index contributed by atoms with van der Waals surface area (Å²) in [4.78, 5) is 17.7. The van der Waals surface area contributed by atoms with Crippen molar-refractivity contribution in [2.24, 2.45) is 0 Å². The van der Waals surface area contributed by atoms with E-state index in [0.717, 1.165) is 25.2 Å². The number of fused-ring (bicyclic) bond motifs is 1. The molecule has 0 saturated carbocycles. The molecule has 1 fully saturated rings. The monoisotopic (exact) mass is 343 g/mol. The van der Waals surface area contributed by atoms with Crippen LogP contribution in [-0.4, -0.2) is 41.8 Å². The molecule has 5 nitrogen and oxygen atoms in total. The van der Waals surface area contributed by atoms with Crippen molar-refractivity contribution in [1.82, 2.24) is 4.90 Å². The van der Waals surface area contributed by atoms with E-state index in [1.54, 1.807) is 4.90 Å². The number of hydrogen-bond acceptors (Lipinski definition) is 4. The fourth-order valence-electron chi connectivity index (χ4n) is 3.35. The first-order valence-electron chi connectivity index (χ1n) is 8.33. The first-order valence-corrected chi connectivity index (χ1v) is 9.21. The molecular formula is C18H21N3O2S. The van der Waals surface area contributed by atoms with E-state index in [9.17, 15) is 9.90 Å². The number of amides is 2. The number of carbonyl (C=O) groups excluding carboxylic acids is 1. The fraction of sp³-hybridized carbons (Fsp3) is 0.389. The number of anilines is 2. The molecule has 0 aliphatic carbocycles. The normalized spacial score (nSPS) is 20.1. The van der Waals surface area contributed by atoms with E-state index in [2.05, 4.69) is 33.8 Å². The van der Waals surface area contributed by atoms with Gasteiger partial charge < -0.3 is 20.2 Å². The number of rotatable bonds is 2. The highest BCUT2D eigenvalue weighted by atomic mass is 32.1. The molecule has 0 spiro atoms. The number of carbonyl (C=O) groups is 1. The highest BCUT2D eigenvalue weighted by molar-refractivity contribution is 7.10. The zero-order valence-corrected chi connectivity index (χ0v) is 14.3. The Morgan fingerprint density at radius 1 is 1.21 bits per heavy atom. The molecule has 2 aliphatic heterocycles. The molecule has 126 valence electrons. The van der Waals surface area contributed by atoms with E-state index in [1.165, 1.54) is 16.1 Å². The first kappa shape index (κ1) is 15.5. The lowest BCUT2D eigenvalue weighted by atomic mass is 10.1. The summed E-state index contributed by atoms with van der Waals surface area (Å²) >= 11 is 1.85. The van der Waals surface area contributed by atoms with Crippen LogP contribution in [0.3, 0.4) is 0 Å². The number of aliphatic hydroxyl groups excluding tert-OH is 1. The maximum Gasteiger partial charge on any atom is 0.321 e. The number of likely N-dealkylation sites (tertiary alicyclic amines) is 1. The molecule has 24 heavy (non-hydrogen) atoms. The van der Waals surface area contributed by atoms with E-state index in [4.69, 9.17) is 0 Å². The number of thiophene rings is 1. The number of nitrogens with one attached hydrogen (secondary N) is 1. The number of β-amino-alcohol motifs (C(OH)–C–C–N with tert-alkyl or cyclic N) is 1. The topological polar surface area (TPSA) is 55.8 Å². The Morgan fingerprint density at radius 3 is 2.79 bits per heavy atom. The van der Waals surface area contributed by atoms with Gasteiger partial charge in [-0.15, -0.1) is 11.3 Å². The number of nitrogens with zero attached hydrogens (tertiary/aromatic N) is 2. The van der Waals surface area contributed by atoms with Gasteiger partial charge in [-0.3, -0.25) is 0 Å². The summed E-state index contributed by atoms with van der Waals surface area (Å²) in [5, 5.41) is 14.6. The van der Waals surface area contributed by atoms with Gasteiger partial charge in [0, 0.05) is 42.4 Å². The van der Waals surface area contributed by atoms with Crippen molar-refractivity contribution in [3.63, 3.8) is 0 Å². The van der Waals surface area contributed by atoms with E-state index < -0.39 is 0 Å².